The van der Waals surface area contributed by atoms with Crippen LogP contribution in [0.1, 0.15) is 22.5 Å². The third-order valence-corrected chi connectivity index (χ3v) is 4.51. The van der Waals surface area contributed by atoms with Crippen molar-refractivity contribution in [3.63, 3.8) is 0 Å². The Morgan fingerprint density at radius 2 is 1.72 bits per heavy atom. The van der Waals surface area contributed by atoms with Gasteiger partial charge in [0.05, 0.1) is 11.8 Å². The zero-order valence-electron chi connectivity index (χ0n) is 14.0. The third-order valence-electron chi connectivity index (χ3n) is 4.26. The van der Waals surface area contributed by atoms with E-state index in [1.807, 2.05) is 0 Å². The first kappa shape index (κ1) is 17.4. The van der Waals surface area contributed by atoms with Crippen LogP contribution in [0.2, 0.25) is 5.02 Å². The number of anilines is 1. The van der Waals surface area contributed by atoms with Gasteiger partial charge in [0, 0.05) is 36.9 Å². The van der Waals surface area contributed by atoms with Gasteiger partial charge in [-0.25, -0.2) is 4.79 Å². The number of benzene rings is 1. The summed E-state index contributed by atoms with van der Waals surface area (Å²) in [5.41, 5.74) is 1.28. The van der Waals surface area contributed by atoms with Crippen LogP contribution in [0.4, 0.5) is 10.5 Å². The Hall–Kier alpha value is -2.47. The Bertz CT molecular complexity index is 757. The molecule has 0 bridgehead atoms. The number of amides is 3. The van der Waals surface area contributed by atoms with Crippen LogP contribution in [0.5, 0.6) is 0 Å². The summed E-state index contributed by atoms with van der Waals surface area (Å²) >= 11 is 5.85. The number of hydrogen-bond acceptors (Lipinski definition) is 3. The van der Waals surface area contributed by atoms with Gasteiger partial charge in [0.15, 0.2) is 0 Å². The number of nitrogens with one attached hydrogen (secondary N) is 1. The molecule has 3 rings (SSSR count). The van der Waals surface area contributed by atoms with E-state index in [0.717, 1.165) is 6.42 Å². The molecule has 1 aliphatic heterocycles. The number of aryl methyl sites for hydroxylation is 1. The van der Waals surface area contributed by atoms with Crippen molar-refractivity contribution in [2.75, 3.05) is 31.5 Å². The molecule has 1 aromatic heterocycles. The van der Waals surface area contributed by atoms with Crippen molar-refractivity contribution in [3.05, 3.63) is 52.9 Å². The fourth-order valence-corrected chi connectivity index (χ4v) is 2.96. The van der Waals surface area contributed by atoms with Gasteiger partial charge in [-0.1, -0.05) is 11.6 Å². The van der Waals surface area contributed by atoms with E-state index in [1.54, 1.807) is 47.1 Å². The van der Waals surface area contributed by atoms with E-state index in [0.29, 0.717) is 48.2 Å². The van der Waals surface area contributed by atoms with Crippen LogP contribution < -0.4 is 5.32 Å². The highest BCUT2D eigenvalue weighted by Crippen LogP contribution is 2.16. The topological polar surface area (TPSA) is 65.8 Å². The lowest BCUT2D eigenvalue weighted by Crippen LogP contribution is -2.39. The Morgan fingerprint density at radius 1 is 1.04 bits per heavy atom. The molecular weight excluding hydrogens is 342 g/mol. The highest BCUT2D eigenvalue weighted by molar-refractivity contribution is 6.30. The van der Waals surface area contributed by atoms with Crippen molar-refractivity contribution < 1.29 is 14.0 Å². The smallest absolute Gasteiger partial charge is 0.321 e. The first-order chi connectivity index (χ1) is 12.0. The minimum Gasteiger partial charge on any atom is -0.469 e. The van der Waals surface area contributed by atoms with Crippen LogP contribution in [0.15, 0.2) is 41.0 Å². The van der Waals surface area contributed by atoms with Gasteiger partial charge in [0.1, 0.15) is 5.76 Å². The number of nitrogens with zero attached hydrogens (tertiary/aromatic N) is 2. The van der Waals surface area contributed by atoms with Gasteiger partial charge in [-0.2, -0.15) is 0 Å². The molecule has 1 aromatic carbocycles. The minimum atomic E-state index is -0.170. The molecule has 25 heavy (non-hydrogen) atoms. The second-order valence-electron chi connectivity index (χ2n) is 5.96. The number of urea groups is 1. The van der Waals surface area contributed by atoms with Crippen LogP contribution in [0.25, 0.3) is 0 Å². The van der Waals surface area contributed by atoms with E-state index in [4.69, 9.17) is 16.0 Å². The van der Waals surface area contributed by atoms with E-state index >= 15 is 0 Å². The van der Waals surface area contributed by atoms with Gasteiger partial charge in [-0.3, -0.25) is 4.79 Å². The first-order valence-electron chi connectivity index (χ1n) is 8.19. The molecule has 3 amide bonds. The maximum absolute atomic E-state index is 12.6. The van der Waals surface area contributed by atoms with Crippen molar-refractivity contribution in [1.82, 2.24) is 9.80 Å². The van der Waals surface area contributed by atoms with Gasteiger partial charge in [0.2, 0.25) is 0 Å². The van der Waals surface area contributed by atoms with Gasteiger partial charge >= 0.3 is 6.03 Å². The number of rotatable bonds is 2. The summed E-state index contributed by atoms with van der Waals surface area (Å²) < 4.78 is 5.21. The van der Waals surface area contributed by atoms with E-state index in [2.05, 4.69) is 5.32 Å². The molecule has 1 saturated heterocycles. The zero-order valence-corrected chi connectivity index (χ0v) is 14.8. The van der Waals surface area contributed by atoms with Gasteiger partial charge in [0.25, 0.3) is 5.91 Å². The monoisotopic (exact) mass is 361 g/mol. The molecule has 0 aliphatic carbocycles. The number of carbonyl (C=O) groups excluding carboxylic acids is 2. The lowest BCUT2D eigenvalue weighted by atomic mass is 10.2. The third kappa shape index (κ3) is 4.14. The summed E-state index contributed by atoms with van der Waals surface area (Å²) in [4.78, 5) is 28.5. The average Bonchev–Trinajstić information content (AvgIpc) is 2.88. The van der Waals surface area contributed by atoms with Crippen molar-refractivity contribution in [1.29, 1.82) is 0 Å². The van der Waals surface area contributed by atoms with Gasteiger partial charge < -0.3 is 19.5 Å². The molecule has 1 fully saturated rings. The molecular formula is C18H20ClN3O3. The number of furan rings is 1. The summed E-state index contributed by atoms with van der Waals surface area (Å²) in [5.74, 6) is 0.567. The minimum absolute atomic E-state index is 0.0498. The molecule has 0 atom stereocenters. The number of carbonyl (C=O) groups is 2. The number of halogens is 1. The highest BCUT2D eigenvalue weighted by Gasteiger charge is 2.24. The maximum Gasteiger partial charge on any atom is 0.321 e. The molecule has 0 spiro atoms. The van der Waals surface area contributed by atoms with E-state index < -0.39 is 0 Å². The summed E-state index contributed by atoms with van der Waals surface area (Å²) in [6.45, 7) is 3.98. The molecule has 0 radical (unpaired) electrons. The average molecular weight is 362 g/mol. The highest BCUT2D eigenvalue weighted by atomic mass is 35.5. The quantitative estimate of drug-likeness (QED) is 0.888. The molecule has 1 aliphatic rings. The zero-order chi connectivity index (χ0) is 17.8. The van der Waals surface area contributed by atoms with Crippen molar-refractivity contribution >= 4 is 29.2 Å². The molecule has 1 N–H and O–H groups in total. The second kappa shape index (κ2) is 7.61. The summed E-state index contributed by atoms with van der Waals surface area (Å²) in [6.07, 6.45) is 2.25. The van der Waals surface area contributed by atoms with E-state index in [1.165, 1.54) is 6.26 Å². The summed E-state index contributed by atoms with van der Waals surface area (Å²) in [6, 6.07) is 8.50. The normalized spacial score (nSPS) is 15.0. The van der Waals surface area contributed by atoms with Crippen molar-refractivity contribution in [3.8, 4) is 0 Å². The van der Waals surface area contributed by atoms with Crippen molar-refractivity contribution in [2.24, 2.45) is 0 Å². The largest absolute Gasteiger partial charge is 0.469 e. The Labute approximate surface area is 151 Å². The first-order valence-corrected chi connectivity index (χ1v) is 8.57. The molecule has 132 valence electrons. The summed E-state index contributed by atoms with van der Waals surface area (Å²) in [7, 11) is 0. The molecule has 6 nitrogen and oxygen atoms in total. The standard InChI is InChI=1S/C18H20ClN3O3/c1-13-16(7-12-25-13)17(23)21-8-2-9-22(11-10-21)18(24)20-15-5-3-14(19)4-6-15/h3-7,12H,2,8-11H2,1H3,(H,20,24). The maximum atomic E-state index is 12.6. The molecule has 0 saturated carbocycles. The molecule has 2 aromatic rings. The van der Waals surface area contributed by atoms with Crippen LogP contribution in [-0.4, -0.2) is 47.9 Å². The lowest BCUT2D eigenvalue weighted by Gasteiger charge is -2.22. The van der Waals surface area contributed by atoms with Crippen LogP contribution in [-0.2, 0) is 0 Å². The predicted molar refractivity (Wildman–Crippen MR) is 96.0 cm³/mol. The SMILES string of the molecule is Cc1occc1C(=O)N1CCCN(C(=O)Nc2ccc(Cl)cc2)CC1. The molecule has 0 unspecified atom stereocenters. The Kier molecular flexibility index (Phi) is 5.28. The molecule has 2 heterocycles. The Balaban J connectivity index is 1.59. The van der Waals surface area contributed by atoms with Crippen LogP contribution in [0.3, 0.4) is 0 Å². The lowest BCUT2D eigenvalue weighted by molar-refractivity contribution is 0.0761. The van der Waals surface area contributed by atoms with Gasteiger partial charge in [-0.15, -0.1) is 0 Å². The van der Waals surface area contributed by atoms with Crippen LogP contribution in [0, 0.1) is 6.92 Å². The van der Waals surface area contributed by atoms with E-state index in [9.17, 15) is 9.59 Å². The van der Waals surface area contributed by atoms with E-state index in [-0.39, 0.29) is 11.9 Å². The fraction of sp³-hybridized carbons (Fsp3) is 0.333. The molecule has 7 heteroatoms. The van der Waals surface area contributed by atoms with Crippen LogP contribution >= 0.6 is 11.6 Å². The summed E-state index contributed by atoms with van der Waals surface area (Å²) in [5, 5.41) is 3.48. The number of hydrogen-bond donors (Lipinski definition) is 1. The fourth-order valence-electron chi connectivity index (χ4n) is 2.84. The Morgan fingerprint density at radius 3 is 2.40 bits per heavy atom. The predicted octanol–water partition coefficient (Wildman–Crippen LogP) is 3.62. The second-order valence-corrected chi connectivity index (χ2v) is 6.40. The van der Waals surface area contributed by atoms with Gasteiger partial charge in [-0.05, 0) is 43.7 Å². The van der Waals surface area contributed by atoms with Crippen molar-refractivity contribution in [2.45, 2.75) is 13.3 Å².